The molecule has 4 rings (SSSR count). The van der Waals surface area contributed by atoms with Gasteiger partial charge in [0.2, 0.25) is 0 Å². The monoisotopic (exact) mass is 408 g/mol. The van der Waals surface area contributed by atoms with E-state index in [1.807, 2.05) is 25.6 Å². The van der Waals surface area contributed by atoms with Gasteiger partial charge in [-0.25, -0.2) is 0 Å². The number of anilines is 1. The van der Waals surface area contributed by atoms with Gasteiger partial charge in [0.1, 0.15) is 5.69 Å². The molecular weight excluding hydrogens is 380 g/mol. The summed E-state index contributed by atoms with van der Waals surface area (Å²) < 4.78 is 7.47. The largest absolute Gasteiger partial charge is 0.299 e. The molecule has 5 nitrogen and oxygen atoms in total. The minimum absolute atomic E-state index is 0.923. The van der Waals surface area contributed by atoms with Crippen molar-refractivity contribution < 1.29 is 4.28 Å². The maximum Gasteiger partial charge on any atom is 0.105 e. The van der Waals surface area contributed by atoms with Gasteiger partial charge in [0.05, 0.1) is 23.4 Å². The molecule has 3 aromatic rings. The second kappa shape index (κ2) is 9.03. The summed E-state index contributed by atoms with van der Waals surface area (Å²) in [6.07, 6.45) is 2.66. The molecule has 0 radical (unpaired) electrons. The Morgan fingerprint density at radius 2 is 1.79 bits per heavy atom. The molecule has 152 valence electrons. The Kier molecular flexibility index (Phi) is 6.23. The fourth-order valence-corrected chi connectivity index (χ4v) is 4.25. The van der Waals surface area contributed by atoms with Gasteiger partial charge in [-0.2, -0.15) is 9.38 Å². The zero-order valence-electron chi connectivity index (χ0n) is 17.3. The van der Waals surface area contributed by atoms with Crippen LogP contribution >= 0.6 is 12.0 Å². The van der Waals surface area contributed by atoms with Crippen LogP contribution in [-0.4, -0.2) is 27.8 Å². The third-order valence-electron chi connectivity index (χ3n) is 5.51. The molecular formula is C23H28N4OS. The molecule has 1 N–H and O–H groups in total. The molecule has 1 saturated heterocycles. The van der Waals surface area contributed by atoms with Crippen LogP contribution in [0.1, 0.15) is 29.8 Å². The second-order valence-corrected chi connectivity index (χ2v) is 8.45. The van der Waals surface area contributed by atoms with Crippen molar-refractivity contribution in [3.63, 3.8) is 0 Å². The molecule has 0 atom stereocenters. The molecule has 0 saturated carbocycles. The number of hydrogen-bond acceptors (Lipinski definition) is 5. The smallest absolute Gasteiger partial charge is 0.105 e. The Balaban J connectivity index is 1.36. The molecule has 1 aliphatic heterocycles. The molecule has 0 unspecified atom stereocenters. The fraction of sp³-hybridized carbons (Fsp3) is 0.348. The van der Waals surface area contributed by atoms with E-state index in [9.17, 15) is 0 Å². The summed E-state index contributed by atoms with van der Waals surface area (Å²) in [6, 6.07) is 17.4. The number of rotatable bonds is 7. The molecule has 29 heavy (non-hydrogen) atoms. The van der Waals surface area contributed by atoms with Gasteiger partial charge in [0, 0.05) is 18.5 Å². The first-order valence-electron chi connectivity index (χ1n) is 10.1. The summed E-state index contributed by atoms with van der Waals surface area (Å²) >= 11 is 1.32. The number of likely N-dealkylation sites (tertiary alicyclic amines) is 1. The van der Waals surface area contributed by atoms with Crippen molar-refractivity contribution in [3.05, 3.63) is 65.5 Å². The third kappa shape index (κ3) is 4.83. The quantitative estimate of drug-likeness (QED) is 0.422. The van der Waals surface area contributed by atoms with Crippen LogP contribution in [0.3, 0.4) is 0 Å². The van der Waals surface area contributed by atoms with E-state index in [0.717, 1.165) is 28.5 Å². The van der Waals surface area contributed by atoms with Gasteiger partial charge in [-0.15, -0.1) is 0 Å². The summed E-state index contributed by atoms with van der Waals surface area (Å²) in [6.45, 7) is 7.48. The number of benzene rings is 2. The molecule has 1 fully saturated rings. The minimum atomic E-state index is 0.923. The lowest BCUT2D eigenvalue weighted by molar-refractivity contribution is 0.331. The molecule has 0 spiro atoms. The van der Waals surface area contributed by atoms with Crippen LogP contribution in [0, 0.1) is 13.8 Å². The van der Waals surface area contributed by atoms with Crippen molar-refractivity contribution in [2.75, 3.05) is 18.6 Å². The van der Waals surface area contributed by atoms with Gasteiger partial charge in [-0.3, -0.25) is 15.1 Å². The summed E-state index contributed by atoms with van der Waals surface area (Å²) in [7, 11) is 1.93. The lowest BCUT2D eigenvalue weighted by atomic mass is 10.0. The molecule has 2 heterocycles. The normalized spacial score (nSPS) is 14.4. The van der Waals surface area contributed by atoms with Crippen LogP contribution in [-0.2, 0) is 17.9 Å². The molecule has 0 aliphatic carbocycles. The number of nitrogens with one attached hydrogen (secondary N) is 1. The van der Waals surface area contributed by atoms with E-state index in [0.29, 0.717) is 0 Å². The van der Waals surface area contributed by atoms with Crippen molar-refractivity contribution >= 4 is 17.7 Å². The van der Waals surface area contributed by atoms with E-state index in [2.05, 4.69) is 64.0 Å². The summed E-state index contributed by atoms with van der Waals surface area (Å²) in [4.78, 5) is 3.59. The zero-order chi connectivity index (χ0) is 20.2. The first kappa shape index (κ1) is 20.0. The molecule has 2 aromatic carbocycles. The standard InChI is InChI=1S/C23H28N4OS/c1-17-23(18(2)26(3)24-17)25-28-29-22-11-9-20(10-12-22)21-8-6-7-19(15-21)16-27-13-4-5-14-27/h6-12,15,25H,4-5,13-14,16H2,1-3H3. The Morgan fingerprint density at radius 1 is 1.03 bits per heavy atom. The maximum absolute atomic E-state index is 5.63. The SMILES string of the molecule is Cc1nn(C)c(C)c1NOSc1ccc(-c2cccc(CN3CCCC3)c2)cc1. The van der Waals surface area contributed by atoms with E-state index in [-0.39, 0.29) is 0 Å². The van der Waals surface area contributed by atoms with E-state index in [4.69, 9.17) is 4.28 Å². The van der Waals surface area contributed by atoms with Crippen LogP contribution in [0.5, 0.6) is 0 Å². The summed E-state index contributed by atoms with van der Waals surface area (Å²) in [5.41, 5.74) is 9.79. The average molecular weight is 409 g/mol. The van der Waals surface area contributed by atoms with Gasteiger partial charge in [0.25, 0.3) is 0 Å². The predicted octanol–water partition coefficient (Wildman–Crippen LogP) is 5.35. The molecule has 0 amide bonds. The number of aryl methyl sites for hydroxylation is 2. The topological polar surface area (TPSA) is 42.3 Å². The Labute approximate surface area is 177 Å². The van der Waals surface area contributed by atoms with E-state index >= 15 is 0 Å². The van der Waals surface area contributed by atoms with Crippen LogP contribution in [0.2, 0.25) is 0 Å². The van der Waals surface area contributed by atoms with Crippen molar-refractivity contribution in [3.8, 4) is 11.1 Å². The van der Waals surface area contributed by atoms with Crippen molar-refractivity contribution in [1.29, 1.82) is 0 Å². The van der Waals surface area contributed by atoms with Gasteiger partial charge in [-0.1, -0.05) is 30.3 Å². The Bertz CT molecular complexity index is 962. The molecule has 6 heteroatoms. The minimum Gasteiger partial charge on any atom is -0.299 e. The number of aromatic nitrogens is 2. The summed E-state index contributed by atoms with van der Waals surface area (Å²) in [5, 5.41) is 4.38. The van der Waals surface area contributed by atoms with Crippen LogP contribution < -0.4 is 5.48 Å². The highest BCUT2D eigenvalue weighted by atomic mass is 32.2. The second-order valence-electron chi connectivity index (χ2n) is 7.65. The first-order valence-corrected chi connectivity index (χ1v) is 10.9. The summed E-state index contributed by atoms with van der Waals surface area (Å²) in [5.74, 6) is 0. The lowest BCUT2D eigenvalue weighted by Crippen LogP contribution is -2.18. The van der Waals surface area contributed by atoms with Gasteiger partial charge >= 0.3 is 0 Å². The van der Waals surface area contributed by atoms with Crippen molar-refractivity contribution in [1.82, 2.24) is 14.7 Å². The van der Waals surface area contributed by atoms with Gasteiger partial charge < -0.3 is 0 Å². The van der Waals surface area contributed by atoms with Crippen LogP contribution in [0.15, 0.2) is 53.4 Å². The average Bonchev–Trinajstić information content (AvgIpc) is 3.32. The van der Waals surface area contributed by atoms with Crippen LogP contribution in [0.4, 0.5) is 5.69 Å². The number of hydrogen-bond donors (Lipinski definition) is 1. The molecule has 0 bridgehead atoms. The third-order valence-corrected chi connectivity index (χ3v) is 6.14. The highest BCUT2D eigenvalue weighted by Gasteiger charge is 2.12. The Morgan fingerprint density at radius 3 is 2.48 bits per heavy atom. The van der Waals surface area contributed by atoms with Crippen molar-refractivity contribution in [2.24, 2.45) is 7.05 Å². The highest BCUT2D eigenvalue weighted by molar-refractivity contribution is 7.94. The van der Waals surface area contributed by atoms with Gasteiger partial charge in [-0.05, 0) is 74.7 Å². The zero-order valence-corrected chi connectivity index (χ0v) is 18.1. The van der Waals surface area contributed by atoms with Crippen LogP contribution in [0.25, 0.3) is 11.1 Å². The highest BCUT2D eigenvalue weighted by Crippen LogP contribution is 2.27. The maximum atomic E-state index is 5.63. The predicted molar refractivity (Wildman–Crippen MR) is 120 cm³/mol. The molecule has 1 aromatic heterocycles. The molecule has 1 aliphatic rings. The Hall–Kier alpha value is -2.28. The number of nitrogens with zero attached hydrogens (tertiary/aromatic N) is 3. The first-order chi connectivity index (χ1) is 14.1. The van der Waals surface area contributed by atoms with E-state index in [1.54, 1.807) is 0 Å². The van der Waals surface area contributed by atoms with E-state index < -0.39 is 0 Å². The fourth-order valence-electron chi connectivity index (χ4n) is 3.78. The van der Waals surface area contributed by atoms with Crippen molar-refractivity contribution in [2.45, 2.75) is 38.1 Å². The lowest BCUT2D eigenvalue weighted by Gasteiger charge is -2.15. The van der Waals surface area contributed by atoms with Gasteiger partial charge in [0.15, 0.2) is 0 Å². The van der Waals surface area contributed by atoms with E-state index in [1.165, 1.54) is 54.7 Å².